The Hall–Kier alpha value is -2.90. The first kappa shape index (κ1) is 17.5. The van der Waals surface area contributed by atoms with E-state index in [9.17, 15) is 9.59 Å². The molecule has 0 spiro atoms. The molecule has 0 aliphatic carbocycles. The van der Waals surface area contributed by atoms with Crippen molar-refractivity contribution in [2.45, 2.75) is 25.8 Å². The highest BCUT2D eigenvalue weighted by Gasteiger charge is 2.19. The van der Waals surface area contributed by atoms with Gasteiger partial charge >= 0.3 is 12.0 Å². The van der Waals surface area contributed by atoms with E-state index in [1.54, 1.807) is 6.92 Å². The Morgan fingerprint density at radius 1 is 1.33 bits per heavy atom. The van der Waals surface area contributed by atoms with Gasteiger partial charge in [0.1, 0.15) is 6.04 Å². The first-order valence-corrected chi connectivity index (χ1v) is 7.55. The molecule has 24 heavy (non-hydrogen) atoms. The maximum atomic E-state index is 12.0. The Labute approximate surface area is 139 Å². The minimum Gasteiger partial charge on any atom is -0.481 e. The van der Waals surface area contributed by atoms with Gasteiger partial charge in [0.25, 0.3) is 0 Å². The normalized spacial score (nSPS) is 11.8. The molecule has 0 saturated heterocycles. The van der Waals surface area contributed by atoms with E-state index in [0.29, 0.717) is 18.1 Å². The third kappa shape index (κ3) is 5.08. The summed E-state index contributed by atoms with van der Waals surface area (Å²) in [6.07, 6.45) is 0.434. The average molecular weight is 332 g/mol. The minimum absolute atomic E-state index is 0.111. The molecule has 8 heteroatoms. The summed E-state index contributed by atoms with van der Waals surface area (Å²) >= 11 is 0. The molecule has 1 aromatic heterocycles. The van der Waals surface area contributed by atoms with E-state index < -0.39 is 18.0 Å². The number of carbonyl (C=O) groups excluding carboxylic acids is 1. The molecule has 0 aliphatic rings. The van der Waals surface area contributed by atoms with Gasteiger partial charge in [-0.2, -0.15) is 4.98 Å². The molecule has 2 rings (SSSR count). The predicted octanol–water partition coefficient (Wildman–Crippen LogP) is 1.84. The number of hydrogen-bond acceptors (Lipinski definition) is 5. The van der Waals surface area contributed by atoms with Gasteiger partial charge in [-0.05, 0) is 12.5 Å². The molecule has 1 atom stereocenters. The van der Waals surface area contributed by atoms with Crippen LogP contribution in [0.3, 0.4) is 0 Å². The summed E-state index contributed by atoms with van der Waals surface area (Å²) in [6.45, 7) is 1.85. The van der Waals surface area contributed by atoms with Crippen molar-refractivity contribution >= 4 is 12.0 Å². The lowest BCUT2D eigenvalue weighted by Gasteiger charge is -2.18. The van der Waals surface area contributed by atoms with Crippen molar-refractivity contribution in [2.75, 3.05) is 13.6 Å². The molecule has 1 aromatic carbocycles. The van der Waals surface area contributed by atoms with Crippen LogP contribution >= 0.6 is 0 Å². The molecule has 2 aromatic rings. The molecule has 0 saturated carbocycles. The summed E-state index contributed by atoms with van der Waals surface area (Å²) in [6, 6.07) is 8.88. The van der Waals surface area contributed by atoms with E-state index in [-0.39, 0.29) is 13.0 Å². The molecular formula is C16H20N4O4. The zero-order valence-corrected chi connectivity index (χ0v) is 13.6. The first-order valence-electron chi connectivity index (χ1n) is 7.55. The monoisotopic (exact) mass is 332 g/mol. The van der Waals surface area contributed by atoms with Gasteiger partial charge in [-0.3, -0.25) is 4.79 Å². The molecule has 1 heterocycles. The Morgan fingerprint density at radius 2 is 2.04 bits per heavy atom. The average Bonchev–Trinajstić information content (AvgIpc) is 3.02. The fourth-order valence-corrected chi connectivity index (χ4v) is 2.02. The van der Waals surface area contributed by atoms with Crippen LogP contribution in [-0.4, -0.2) is 45.7 Å². The molecule has 0 aliphatic heterocycles. The molecule has 2 amide bonds. The molecule has 128 valence electrons. The number of urea groups is 1. The van der Waals surface area contributed by atoms with Gasteiger partial charge in [0, 0.05) is 20.0 Å². The molecule has 8 nitrogen and oxygen atoms in total. The van der Waals surface area contributed by atoms with Crippen molar-refractivity contribution in [1.82, 2.24) is 20.4 Å². The first-order chi connectivity index (χ1) is 11.5. The lowest BCUT2D eigenvalue weighted by Crippen LogP contribution is -2.39. The van der Waals surface area contributed by atoms with Gasteiger partial charge in [0.2, 0.25) is 5.89 Å². The Balaban J connectivity index is 1.89. The molecular weight excluding hydrogens is 312 g/mol. The standard InChI is InChI=1S/C16H20N4O4/c1-11(17-16(23)20(2)9-8-14(21)22)15-18-13(19-24-15)10-12-6-4-3-5-7-12/h3-7,11H,8-10H2,1-2H3,(H,17,23)(H,21,22). The number of aliphatic carboxylic acids is 1. The van der Waals surface area contributed by atoms with E-state index in [1.165, 1.54) is 11.9 Å². The van der Waals surface area contributed by atoms with Gasteiger partial charge in [0.05, 0.1) is 6.42 Å². The maximum Gasteiger partial charge on any atom is 0.317 e. The van der Waals surface area contributed by atoms with E-state index in [2.05, 4.69) is 15.5 Å². The number of carbonyl (C=O) groups is 2. The smallest absolute Gasteiger partial charge is 0.317 e. The number of benzene rings is 1. The molecule has 0 fully saturated rings. The highest BCUT2D eigenvalue weighted by atomic mass is 16.5. The summed E-state index contributed by atoms with van der Waals surface area (Å²) in [4.78, 5) is 28.1. The van der Waals surface area contributed by atoms with Crippen molar-refractivity contribution in [2.24, 2.45) is 0 Å². The van der Waals surface area contributed by atoms with Gasteiger partial charge in [-0.15, -0.1) is 0 Å². The van der Waals surface area contributed by atoms with Gasteiger partial charge in [-0.1, -0.05) is 35.5 Å². The van der Waals surface area contributed by atoms with E-state index in [1.807, 2.05) is 30.3 Å². The summed E-state index contributed by atoms with van der Waals surface area (Å²) < 4.78 is 5.19. The Bertz CT molecular complexity index is 686. The van der Waals surface area contributed by atoms with Crippen molar-refractivity contribution in [3.8, 4) is 0 Å². The second kappa shape index (κ2) is 8.09. The number of amides is 2. The van der Waals surface area contributed by atoms with Crippen molar-refractivity contribution in [3.63, 3.8) is 0 Å². The number of rotatable bonds is 7. The van der Waals surface area contributed by atoms with E-state index in [0.717, 1.165) is 5.56 Å². The van der Waals surface area contributed by atoms with Crippen LogP contribution in [0, 0.1) is 0 Å². The van der Waals surface area contributed by atoms with Crippen LogP contribution in [0.1, 0.15) is 36.7 Å². The molecule has 0 bridgehead atoms. The second-order valence-corrected chi connectivity index (χ2v) is 5.45. The van der Waals surface area contributed by atoms with Gasteiger partial charge < -0.3 is 19.8 Å². The highest BCUT2D eigenvalue weighted by molar-refractivity contribution is 5.75. The molecule has 1 unspecified atom stereocenters. The van der Waals surface area contributed by atoms with E-state index in [4.69, 9.17) is 9.63 Å². The van der Waals surface area contributed by atoms with Crippen LogP contribution in [0.2, 0.25) is 0 Å². The second-order valence-electron chi connectivity index (χ2n) is 5.45. The Morgan fingerprint density at radius 3 is 2.71 bits per heavy atom. The lowest BCUT2D eigenvalue weighted by atomic mass is 10.1. The van der Waals surface area contributed by atoms with Crippen molar-refractivity contribution in [3.05, 3.63) is 47.6 Å². The molecule has 0 radical (unpaired) electrons. The summed E-state index contributed by atoms with van der Waals surface area (Å²) in [7, 11) is 1.53. The number of hydrogen-bond donors (Lipinski definition) is 2. The van der Waals surface area contributed by atoms with E-state index >= 15 is 0 Å². The number of carboxylic acid groups (broad SMARTS) is 1. The van der Waals surface area contributed by atoms with Crippen LogP contribution < -0.4 is 5.32 Å². The largest absolute Gasteiger partial charge is 0.481 e. The number of nitrogens with zero attached hydrogens (tertiary/aromatic N) is 3. The number of nitrogens with one attached hydrogen (secondary N) is 1. The van der Waals surface area contributed by atoms with Crippen LogP contribution in [0.5, 0.6) is 0 Å². The minimum atomic E-state index is -0.954. The fourth-order valence-electron chi connectivity index (χ4n) is 2.02. The zero-order chi connectivity index (χ0) is 17.5. The van der Waals surface area contributed by atoms with Crippen LogP contribution in [0.4, 0.5) is 4.79 Å². The Kier molecular flexibility index (Phi) is 5.89. The van der Waals surface area contributed by atoms with Gasteiger partial charge in [0.15, 0.2) is 5.82 Å². The number of carboxylic acids is 1. The lowest BCUT2D eigenvalue weighted by molar-refractivity contribution is -0.137. The topological polar surface area (TPSA) is 109 Å². The summed E-state index contributed by atoms with van der Waals surface area (Å²) in [5.74, 6) is -0.109. The number of aromatic nitrogens is 2. The van der Waals surface area contributed by atoms with Crippen molar-refractivity contribution in [1.29, 1.82) is 0 Å². The van der Waals surface area contributed by atoms with Gasteiger partial charge in [-0.25, -0.2) is 4.79 Å². The SMILES string of the molecule is CC(NC(=O)N(C)CCC(=O)O)c1nc(Cc2ccccc2)no1. The summed E-state index contributed by atoms with van der Waals surface area (Å²) in [5, 5.41) is 15.2. The van der Waals surface area contributed by atoms with Crippen LogP contribution in [0.15, 0.2) is 34.9 Å². The quantitative estimate of drug-likeness (QED) is 0.801. The highest BCUT2D eigenvalue weighted by Crippen LogP contribution is 2.12. The van der Waals surface area contributed by atoms with Crippen LogP contribution in [0.25, 0.3) is 0 Å². The van der Waals surface area contributed by atoms with Crippen LogP contribution in [-0.2, 0) is 11.2 Å². The maximum absolute atomic E-state index is 12.0. The predicted molar refractivity (Wildman–Crippen MR) is 85.4 cm³/mol. The summed E-state index contributed by atoms with van der Waals surface area (Å²) in [5.41, 5.74) is 1.06. The molecule has 2 N–H and O–H groups in total. The third-order valence-electron chi connectivity index (χ3n) is 3.41. The van der Waals surface area contributed by atoms with Crippen molar-refractivity contribution < 1.29 is 19.2 Å². The fraction of sp³-hybridized carbons (Fsp3) is 0.375. The third-order valence-corrected chi connectivity index (χ3v) is 3.41. The zero-order valence-electron chi connectivity index (χ0n) is 13.6.